The SMILES string of the molecule is O=C1NC[C@H](c2ccccc2)[C@@H]1C(=O)NN=Cc1cc(Cl)cc([N+](=O)[O-])c1O. The summed E-state index contributed by atoms with van der Waals surface area (Å²) in [5.41, 5.74) is 2.46. The maximum Gasteiger partial charge on any atom is 0.312 e. The maximum absolute atomic E-state index is 12.5. The van der Waals surface area contributed by atoms with E-state index >= 15 is 0 Å². The summed E-state index contributed by atoms with van der Waals surface area (Å²) in [6.07, 6.45) is 1.02. The number of nitro groups is 1. The number of phenolic OH excluding ortho intramolecular Hbond substituents is 1. The van der Waals surface area contributed by atoms with Gasteiger partial charge in [0.2, 0.25) is 11.7 Å². The molecule has 0 aromatic heterocycles. The van der Waals surface area contributed by atoms with Gasteiger partial charge in [-0.1, -0.05) is 41.9 Å². The van der Waals surface area contributed by atoms with E-state index < -0.39 is 34.1 Å². The number of hydrogen-bond donors (Lipinski definition) is 3. The Morgan fingerprint density at radius 3 is 2.75 bits per heavy atom. The molecule has 0 unspecified atom stereocenters. The van der Waals surface area contributed by atoms with E-state index in [9.17, 15) is 24.8 Å². The molecule has 1 fully saturated rings. The minimum atomic E-state index is -0.971. The number of halogens is 1. The molecule has 0 radical (unpaired) electrons. The number of phenols is 1. The monoisotopic (exact) mass is 402 g/mol. The number of nitro benzene ring substituents is 1. The highest BCUT2D eigenvalue weighted by atomic mass is 35.5. The first kappa shape index (κ1) is 19.3. The van der Waals surface area contributed by atoms with E-state index in [-0.39, 0.29) is 16.5 Å². The van der Waals surface area contributed by atoms with Gasteiger partial charge < -0.3 is 10.4 Å². The number of carbonyl (C=O) groups is 2. The molecular formula is C18H15ClN4O5. The van der Waals surface area contributed by atoms with E-state index in [1.165, 1.54) is 6.07 Å². The van der Waals surface area contributed by atoms with Crippen LogP contribution in [-0.4, -0.2) is 34.6 Å². The summed E-state index contributed by atoms with van der Waals surface area (Å²) >= 11 is 5.80. The highest BCUT2D eigenvalue weighted by molar-refractivity contribution is 6.31. The quantitative estimate of drug-likeness (QED) is 0.304. The highest BCUT2D eigenvalue weighted by Crippen LogP contribution is 2.32. The van der Waals surface area contributed by atoms with Crippen LogP contribution in [0.2, 0.25) is 5.02 Å². The van der Waals surface area contributed by atoms with Crippen molar-refractivity contribution in [2.75, 3.05) is 6.54 Å². The van der Waals surface area contributed by atoms with E-state index in [0.29, 0.717) is 6.54 Å². The maximum atomic E-state index is 12.5. The fourth-order valence-electron chi connectivity index (χ4n) is 3.01. The molecule has 2 atom stereocenters. The largest absolute Gasteiger partial charge is 0.502 e. The molecule has 2 amide bonds. The Morgan fingerprint density at radius 2 is 2.07 bits per heavy atom. The number of rotatable bonds is 5. The van der Waals surface area contributed by atoms with Crippen LogP contribution in [0.25, 0.3) is 0 Å². The van der Waals surface area contributed by atoms with Gasteiger partial charge >= 0.3 is 5.69 Å². The molecular weight excluding hydrogens is 388 g/mol. The van der Waals surface area contributed by atoms with Gasteiger partial charge in [0.1, 0.15) is 5.92 Å². The van der Waals surface area contributed by atoms with Crippen molar-refractivity contribution in [2.24, 2.45) is 11.0 Å². The molecule has 10 heteroatoms. The van der Waals surface area contributed by atoms with Gasteiger partial charge in [0.15, 0.2) is 0 Å². The average Bonchev–Trinajstić information content (AvgIpc) is 3.06. The lowest BCUT2D eigenvalue weighted by atomic mass is 9.88. The van der Waals surface area contributed by atoms with Crippen molar-refractivity contribution < 1.29 is 19.6 Å². The van der Waals surface area contributed by atoms with Crippen LogP contribution in [0.15, 0.2) is 47.6 Å². The minimum Gasteiger partial charge on any atom is -0.502 e. The summed E-state index contributed by atoms with van der Waals surface area (Å²) in [4.78, 5) is 34.7. The minimum absolute atomic E-state index is 0.0246. The number of aromatic hydroxyl groups is 1. The second-order valence-electron chi connectivity index (χ2n) is 6.09. The summed E-state index contributed by atoms with van der Waals surface area (Å²) in [6.45, 7) is 0.325. The van der Waals surface area contributed by atoms with Crippen LogP contribution >= 0.6 is 11.6 Å². The number of benzene rings is 2. The van der Waals surface area contributed by atoms with E-state index in [0.717, 1.165) is 17.8 Å². The smallest absolute Gasteiger partial charge is 0.312 e. The second kappa shape index (κ2) is 8.05. The van der Waals surface area contributed by atoms with Gasteiger partial charge in [-0.25, -0.2) is 5.43 Å². The Bertz CT molecular complexity index is 964. The van der Waals surface area contributed by atoms with Crippen LogP contribution in [0, 0.1) is 16.0 Å². The molecule has 28 heavy (non-hydrogen) atoms. The number of hydrogen-bond acceptors (Lipinski definition) is 6. The molecule has 2 aromatic carbocycles. The zero-order valence-electron chi connectivity index (χ0n) is 14.3. The Hall–Kier alpha value is -3.46. The summed E-state index contributed by atoms with van der Waals surface area (Å²) in [7, 11) is 0. The highest BCUT2D eigenvalue weighted by Gasteiger charge is 2.40. The molecule has 3 rings (SSSR count). The molecule has 3 N–H and O–H groups in total. The van der Waals surface area contributed by atoms with E-state index in [1.54, 1.807) is 0 Å². The van der Waals surface area contributed by atoms with Crippen molar-refractivity contribution in [3.8, 4) is 5.75 Å². The van der Waals surface area contributed by atoms with Gasteiger partial charge in [-0.05, 0) is 11.6 Å². The summed E-state index contributed by atoms with van der Waals surface area (Å²) < 4.78 is 0. The molecule has 0 aliphatic carbocycles. The van der Waals surface area contributed by atoms with Crippen molar-refractivity contribution in [3.05, 3.63) is 68.7 Å². The molecule has 1 aliphatic heterocycles. The first-order valence-corrected chi connectivity index (χ1v) is 8.58. The van der Waals surface area contributed by atoms with Crippen LogP contribution in [0.1, 0.15) is 17.0 Å². The van der Waals surface area contributed by atoms with Crippen LogP contribution in [0.5, 0.6) is 5.75 Å². The van der Waals surface area contributed by atoms with Gasteiger partial charge in [-0.15, -0.1) is 0 Å². The first-order chi connectivity index (χ1) is 13.4. The molecule has 1 aliphatic rings. The number of amides is 2. The molecule has 0 spiro atoms. The fourth-order valence-corrected chi connectivity index (χ4v) is 3.23. The summed E-state index contributed by atoms with van der Waals surface area (Å²) in [5, 5.41) is 27.2. The molecule has 144 valence electrons. The normalized spacial score (nSPS) is 18.8. The van der Waals surface area contributed by atoms with Gasteiger partial charge in [-0.3, -0.25) is 19.7 Å². The summed E-state index contributed by atoms with van der Waals surface area (Å²) in [6, 6.07) is 11.4. The third-order valence-electron chi connectivity index (χ3n) is 4.35. The van der Waals surface area contributed by atoms with Crippen molar-refractivity contribution in [2.45, 2.75) is 5.92 Å². The number of hydrazone groups is 1. The molecule has 2 aromatic rings. The molecule has 1 heterocycles. The van der Waals surface area contributed by atoms with Crippen molar-refractivity contribution in [1.82, 2.24) is 10.7 Å². The van der Waals surface area contributed by atoms with E-state index in [4.69, 9.17) is 11.6 Å². The zero-order valence-corrected chi connectivity index (χ0v) is 15.1. The number of nitrogens with zero attached hydrogens (tertiary/aromatic N) is 2. The topological polar surface area (TPSA) is 134 Å². The van der Waals surface area contributed by atoms with Gasteiger partial charge in [0.25, 0.3) is 5.91 Å². The van der Waals surface area contributed by atoms with Crippen molar-refractivity contribution in [3.63, 3.8) is 0 Å². The average molecular weight is 403 g/mol. The Kier molecular flexibility index (Phi) is 5.55. The fraction of sp³-hybridized carbons (Fsp3) is 0.167. The second-order valence-corrected chi connectivity index (χ2v) is 6.53. The van der Waals surface area contributed by atoms with Crippen LogP contribution in [-0.2, 0) is 9.59 Å². The van der Waals surface area contributed by atoms with E-state index in [1.807, 2.05) is 30.3 Å². The first-order valence-electron chi connectivity index (χ1n) is 8.21. The summed E-state index contributed by atoms with van der Waals surface area (Å²) in [5.74, 6) is -2.99. The van der Waals surface area contributed by atoms with Crippen LogP contribution in [0.4, 0.5) is 5.69 Å². The van der Waals surface area contributed by atoms with Crippen molar-refractivity contribution in [1.29, 1.82) is 0 Å². The Balaban J connectivity index is 1.76. The predicted octanol–water partition coefficient (Wildman–Crippen LogP) is 1.93. The lowest BCUT2D eigenvalue weighted by Gasteiger charge is -2.15. The molecule has 0 saturated carbocycles. The standard InChI is InChI=1S/C18H15ClN4O5/c19-12-6-11(16(24)14(7-12)23(27)28)8-21-22-18(26)15-13(9-20-17(15)25)10-4-2-1-3-5-10/h1-8,13,15,24H,9H2,(H,20,25)(H,22,26)/t13-,15+/m1/s1. The van der Waals surface area contributed by atoms with Gasteiger partial charge in [-0.2, -0.15) is 5.10 Å². The molecule has 9 nitrogen and oxygen atoms in total. The van der Waals surface area contributed by atoms with Crippen LogP contribution < -0.4 is 10.7 Å². The Labute approximate surface area is 164 Å². The van der Waals surface area contributed by atoms with E-state index in [2.05, 4.69) is 15.8 Å². The van der Waals surface area contributed by atoms with Crippen molar-refractivity contribution >= 4 is 35.3 Å². The zero-order chi connectivity index (χ0) is 20.3. The number of nitrogens with one attached hydrogen (secondary N) is 2. The predicted molar refractivity (Wildman–Crippen MR) is 101 cm³/mol. The lowest BCUT2D eigenvalue weighted by Crippen LogP contribution is -2.34. The van der Waals surface area contributed by atoms with Crippen LogP contribution in [0.3, 0.4) is 0 Å². The number of carbonyl (C=O) groups excluding carboxylic acids is 2. The van der Waals surface area contributed by atoms with Gasteiger partial charge in [0.05, 0.1) is 11.1 Å². The Morgan fingerprint density at radius 1 is 1.36 bits per heavy atom. The molecule has 0 bridgehead atoms. The lowest BCUT2D eigenvalue weighted by molar-refractivity contribution is -0.385. The third-order valence-corrected chi connectivity index (χ3v) is 4.57. The van der Waals surface area contributed by atoms with Gasteiger partial charge in [0, 0.05) is 29.1 Å². The molecule has 1 saturated heterocycles. The third kappa shape index (κ3) is 3.94.